The highest BCUT2D eigenvalue weighted by Gasteiger charge is 2.80. The lowest BCUT2D eigenvalue weighted by Gasteiger charge is -2.49. The molecular formula is C16H25N. The third kappa shape index (κ3) is 1.12. The van der Waals surface area contributed by atoms with E-state index in [1.807, 2.05) is 0 Å². The number of fused-ring (bicyclic) bond motifs is 1. The predicted octanol–water partition coefficient (Wildman–Crippen LogP) is 3.68. The summed E-state index contributed by atoms with van der Waals surface area (Å²) >= 11 is 0. The van der Waals surface area contributed by atoms with Crippen LogP contribution in [-0.4, -0.2) is 18.5 Å². The fourth-order valence-electron chi connectivity index (χ4n) is 5.68. The summed E-state index contributed by atoms with van der Waals surface area (Å²) in [5.41, 5.74) is 5.74. The van der Waals surface area contributed by atoms with Gasteiger partial charge in [-0.2, -0.15) is 0 Å². The van der Waals surface area contributed by atoms with E-state index in [9.17, 15) is 0 Å². The van der Waals surface area contributed by atoms with E-state index >= 15 is 0 Å². The average Bonchev–Trinajstić information content (AvgIpc) is 2.85. The highest BCUT2D eigenvalue weighted by Crippen LogP contribution is 2.85. The van der Waals surface area contributed by atoms with Crippen molar-refractivity contribution in [2.24, 2.45) is 28.6 Å². The van der Waals surface area contributed by atoms with Gasteiger partial charge in [-0.1, -0.05) is 27.4 Å². The largest absolute Gasteiger partial charge is 0.371 e. The van der Waals surface area contributed by atoms with Crippen molar-refractivity contribution in [3.05, 3.63) is 18.0 Å². The van der Waals surface area contributed by atoms with Crippen molar-refractivity contribution in [1.82, 2.24) is 4.90 Å². The standard InChI is InChI=1S/C16H25N/c1-6-12-8-15(4)9-13-14(16(13,15)7-2)11(3)10-17(12)5/h11,13-14H,1,7-10H2,2-5H3. The second-order valence-electron chi connectivity index (χ2n) is 6.95. The van der Waals surface area contributed by atoms with Gasteiger partial charge in [0.25, 0.3) is 0 Å². The molecule has 2 saturated carbocycles. The van der Waals surface area contributed by atoms with E-state index in [-0.39, 0.29) is 0 Å². The molecule has 1 heterocycles. The molecule has 1 nitrogen and oxygen atoms in total. The van der Waals surface area contributed by atoms with Crippen LogP contribution in [0, 0.1) is 28.6 Å². The van der Waals surface area contributed by atoms with Crippen molar-refractivity contribution < 1.29 is 0 Å². The summed E-state index contributed by atoms with van der Waals surface area (Å²) < 4.78 is 0. The molecule has 0 spiro atoms. The minimum absolute atomic E-state index is 0.528. The molecule has 0 N–H and O–H groups in total. The summed E-state index contributed by atoms with van der Waals surface area (Å²) in [5.74, 6) is 2.85. The van der Waals surface area contributed by atoms with E-state index in [4.69, 9.17) is 0 Å². The van der Waals surface area contributed by atoms with E-state index in [1.165, 1.54) is 31.5 Å². The summed E-state index contributed by atoms with van der Waals surface area (Å²) in [7, 11) is 2.21. The van der Waals surface area contributed by atoms with Gasteiger partial charge in [-0.05, 0) is 41.4 Å². The maximum Gasteiger partial charge on any atom is 0.0561 e. The Morgan fingerprint density at radius 2 is 2.24 bits per heavy atom. The van der Waals surface area contributed by atoms with Crippen LogP contribution in [0.3, 0.4) is 0 Å². The second kappa shape index (κ2) is 3.20. The Balaban J connectivity index is 1.99. The number of rotatable bonds is 1. The van der Waals surface area contributed by atoms with E-state index in [1.54, 1.807) is 0 Å². The van der Waals surface area contributed by atoms with Gasteiger partial charge in [0.1, 0.15) is 0 Å². The molecule has 1 heteroatoms. The van der Waals surface area contributed by atoms with Gasteiger partial charge in [0.2, 0.25) is 0 Å². The first-order valence-electron chi connectivity index (χ1n) is 7.10. The maximum absolute atomic E-state index is 3.90. The number of hydrogen-bond acceptors (Lipinski definition) is 1. The predicted molar refractivity (Wildman–Crippen MR) is 71.5 cm³/mol. The minimum Gasteiger partial charge on any atom is -0.371 e. The molecule has 1 aliphatic heterocycles. The average molecular weight is 231 g/mol. The highest BCUT2D eigenvalue weighted by molar-refractivity contribution is 5.30. The molecule has 0 aromatic carbocycles. The SMILES string of the molecule is C=C=C1CC2(C)CC3C(C(C)CN1C)C32CC. The van der Waals surface area contributed by atoms with Gasteiger partial charge in [0, 0.05) is 20.0 Å². The molecule has 1 saturated heterocycles. The molecule has 17 heavy (non-hydrogen) atoms. The zero-order valence-corrected chi connectivity index (χ0v) is 11.7. The molecule has 0 bridgehead atoms. The van der Waals surface area contributed by atoms with Gasteiger partial charge in [0.15, 0.2) is 0 Å². The summed E-state index contributed by atoms with van der Waals surface area (Å²) in [6.07, 6.45) is 4.01. The Bertz CT molecular complexity index is 406. The smallest absolute Gasteiger partial charge is 0.0561 e. The van der Waals surface area contributed by atoms with Gasteiger partial charge in [0.05, 0.1) is 5.70 Å². The van der Waals surface area contributed by atoms with Crippen LogP contribution < -0.4 is 0 Å². The molecular weight excluding hydrogens is 206 g/mol. The van der Waals surface area contributed by atoms with Gasteiger partial charge >= 0.3 is 0 Å². The molecule has 3 fully saturated rings. The van der Waals surface area contributed by atoms with Crippen molar-refractivity contribution in [3.63, 3.8) is 0 Å². The van der Waals surface area contributed by atoms with Crippen molar-refractivity contribution in [1.29, 1.82) is 0 Å². The molecule has 0 radical (unpaired) electrons. The quantitative estimate of drug-likeness (QED) is 0.622. The molecule has 3 aliphatic rings. The monoisotopic (exact) mass is 231 g/mol. The zero-order valence-electron chi connectivity index (χ0n) is 11.7. The Morgan fingerprint density at radius 1 is 1.53 bits per heavy atom. The first-order chi connectivity index (χ1) is 8.00. The summed E-state index contributed by atoms with van der Waals surface area (Å²) in [5, 5.41) is 0. The summed E-state index contributed by atoms with van der Waals surface area (Å²) in [6, 6.07) is 0. The molecule has 0 amide bonds. The fourth-order valence-corrected chi connectivity index (χ4v) is 5.68. The van der Waals surface area contributed by atoms with Gasteiger partial charge < -0.3 is 4.90 Å². The summed E-state index contributed by atoms with van der Waals surface area (Å²) in [6.45, 7) is 12.5. The Morgan fingerprint density at radius 3 is 2.82 bits per heavy atom. The van der Waals surface area contributed by atoms with Crippen LogP contribution in [0.15, 0.2) is 18.0 Å². The van der Waals surface area contributed by atoms with Gasteiger partial charge in [-0.15, -0.1) is 5.73 Å². The molecule has 2 aliphatic carbocycles. The Hall–Kier alpha value is -0.680. The maximum atomic E-state index is 3.90. The van der Waals surface area contributed by atoms with Crippen LogP contribution in [0.2, 0.25) is 0 Å². The van der Waals surface area contributed by atoms with Gasteiger partial charge in [-0.3, -0.25) is 0 Å². The van der Waals surface area contributed by atoms with Crippen LogP contribution >= 0.6 is 0 Å². The molecule has 94 valence electrons. The Labute approximate surface area is 106 Å². The van der Waals surface area contributed by atoms with Crippen LogP contribution in [0.25, 0.3) is 0 Å². The normalized spacial score (nSPS) is 51.9. The number of allylic oxidation sites excluding steroid dienone is 1. The fraction of sp³-hybridized carbons (Fsp3) is 0.812. The highest BCUT2D eigenvalue weighted by atomic mass is 15.1. The minimum atomic E-state index is 0.528. The van der Waals surface area contributed by atoms with Crippen molar-refractivity contribution in [2.75, 3.05) is 13.6 Å². The van der Waals surface area contributed by atoms with Crippen LogP contribution in [0.4, 0.5) is 0 Å². The third-order valence-electron chi connectivity index (χ3n) is 6.36. The van der Waals surface area contributed by atoms with E-state index in [0.717, 1.165) is 17.8 Å². The number of hydrogen-bond donors (Lipinski definition) is 0. The second-order valence-corrected chi connectivity index (χ2v) is 6.95. The lowest BCUT2D eigenvalue weighted by molar-refractivity contribution is 0.0127. The van der Waals surface area contributed by atoms with E-state index in [2.05, 4.69) is 45.0 Å². The lowest BCUT2D eigenvalue weighted by Crippen LogP contribution is -2.43. The molecule has 3 rings (SSSR count). The molecule has 5 unspecified atom stereocenters. The lowest BCUT2D eigenvalue weighted by atomic mass is 9.56. The Kier molecular flexibility index (Phi) is 2.15. The van der Waals surface area contributed by atoms with Crippen molar-refractivity contribution >= 4 is 0 Å². The van der Waals surface area contributed by atoms with Crippen LogP contribution in [0.1, 0.15) is 40.0 Å². The van der Waals surface area contributed by atoms with Crippen molar-refractivity contribution in [3.8, 4) is 0 Å². The molecule has 0 aromatic heterocycles. The number of likely N-dealkylation sites (tertiary alicyclic amines) is 1. The first kappa shape index (κ1) is 11.4. The first-order valence-corrected chi connectivity index (χ1v) is 7.10. The third-order valence-corrected chi connectivity index (χ3v) is 6.36. The van der Waals surface area contributed by atoms with Crippen molar-refractivity contribution in [2.45, 2.75) is 40.0 Å². The molecule has 0 aromatic rings. The summed E-state index contributed by atoms with van der Waals surface area (Å²) in [4.78, 5) is 2.40. The van der Waals surface area contributed by atoms with Crippen LogP contribution in [0.5, 0.6) is 0 Å². The van der Waals surface area contributed by atoms with Crippen LogP contribution in [-0.2, 0) is 0 Å². The van der Waals surface area contributed by atoms with E-state index < -0.39 is 0 Å². The topological polar surface area (TPSA) is 3.24 Å². The zero-order chi connectivity index (χ0) is 12.4. The number of nitrogens with zero attached hydrogens (tertiary/aromatic N) is 1. The van der Waals surface area contributed by atoms with E-state index in [0.29, 0.717) is 10.8 Å². The van der Waals surface area contributed by atoms with Gasteiger partial charge in [-0.25, -0.2) is 0 Å². The molecule has 5 atom stereocenters.